The summed E-state index contributed by atoms with van der Waals surface area (Å²) in [7, 11) is 0. The summed E-state index contributed by atoms with van der Waals surface area (Å²) >= 11 is 5.93. The summed E-state index contributed by atoms with van der Waals surface area (Å²) in [5.41, 5.74) is -2.12. The summed E-state index contributed by atoms with van der Waals surface area (Å²) in [5, 5.41) is 11.9. The van der Waals surface area contributed by atoms with E-state index in [1.165, 1.54) is 19.1 Å². The highest BCUT2D eigenvalue weighted by molar-refractivity contribution is 6.32. The maximum atomic E-state index is 14.0. The molecule has 1 aromatic rings. The number of nitrogens with one attached hydrogen (secondary N) is 1. The van der Waals surface area contributed by atoms with Crippen molar-refractivity contribution in [2.24, 2.45) is 0 Å². The van der Waals surface area contributed by atoms with Crippen molar-refractivity contribution >= 4 is 23.5 Å². The number of alkyl carbamates (subject to hydrolysis) is 1. The van der Waals surface area contributed by atoms with Crippen LogP contribution >= 0.6 is 11.6 Å². The average Bonchev–Trinajstić information content (AvgIpc) is 2.64. The number of amides is 1. The molecule has 1 unspecified atom stereocenters. The number of ether oxygens (including phenoxy) is 2. The van der Waals surface area contributed by atoms with E-state index in [0.717, 1.165) is 6.07 Å². The zero-order chi connectivity index (χ0) is 16.5. The average molecular weight is 330 g/mol. The number of rotatable bonds is 3. The second kappa shape index (κ2) is 5.84. The molecule has 2 N–H and O–H groups in total. The number of aliphatic hydroxyl groups is 1. The highest BCUT2D eigenvalue weighted by Gasteiger charge is 2.50. The van der Waals surface area contributed by atoms with Crippen molar-refractivity contribution in [1.29, 1.82) is 0 Å². The fourth-order valence-electron chi connectivity index (χ4n) is 2.09. The standard InChI is InChI=1S/C14H13ClFNO5/c1-3-21-13(20)17-12-10(18)11(19)14(2,22-12)9-7(15)5-4-6-8(9)16/h4-6,18H,3H2,1-2H3,(H,17,20). The second-order valence-electron chi connectivity index (χ2n) is 4.58. The number of Topliss-reactive ketones (excluding diaryl/α,β-unsaturated/α-hetero) is 1. The van der Waals surface area contributed by atoms with Crippen LogP contribution in [-0.2, 0) is 19.9 Å². The molecule has 0 aromatic heterocycles. The number of carbonyl (C=O) groups excluding carboxylic acids is 2. The van der Waals surface area contributed by atoms with Gasteiger partial charge in [0.1, 0.15) is 5.82 Å². The van der Waals surface area contributed by atoms with Gasteiger partial charge in [0.25, 0.3) is 5.78 Å². The Morgan fingerprint density at radius 2 is 2.23 bits per heavy atom. The molecule has 0 aliphatic carbocycles. The Morgan fingerprint density at radius 3 is 2.82 bits per heavy atom. The van der Waals surface area contributed by atoms with Gasteiger partial charge in [-0.25, -0.2) is 9.18 Å². The van der Waals surface area contributed by atoms with Gasteiger partial charge in [0.05, 0.1) is 17.2 Å². The molecular formula is C14H13ClFNO5. The largest absolute Gasteiger partial charge is 0.501 e. The van der Waals surface area contributed by atoms with Crippen LogP contribution < -0.4 is 5.32 Å². The predicted octanol–water partition coefficient (Wildman–Crippen LogP) is 2.77. The lowest BCUT2D eigenvalue weighted by molar-refractivity contribution is -0.132. The summed E-state index contributed by atoms with van der Waals surface area (Å²) in [6.45, 7) is 2.91. The molecule has 1 atom stereocenters. The smallest absolute Gasteiger partial charge is 0.414 e. The van der Waals surface area contributed by atoms with Gasteiger partial charge < -0.3 is 14.6 Å². The van der Waals surface area contributed by atoms with Gasteiger partial charge in [-0.05, 0) is 26.0 Å². The molecule has 8 heteroatoms. The summed E-state index contributed by atoms with van der Waals surface area (Å²) in [6.07, 6.45) is -0.916. The summed E-state index contributed by atoms with van der Waals surface area (Å²) < 4.78 is 23.9. The van der Waals surface area contributed by atoms with E-state index in [9.17, 15) is 19.1 Å². The first-order valence-corrected chi connectivity index (χ1v) is 6.74. The monoisotopic (exact) mass is 329 g/mol. The van der Waals surface area contributed by atoms with Crippen molar-refractivity contribution < 1.29 is 28.6 Å². The minimum absolute atomic E-state index is 0.0407. The van der Waals surface area contributed by atoms with E-state index in [-0.39, 0.29) is 17.2 Å². The minimum Gasteiger partial charge on any atom is -0.501 e. The topological polar surface area (TPSA) is 84.9 Å². The van der Waals surface area contributed by atoms with Crippen molar-refractivity contribution in [2.75, 3.05) is 6.61 Å². The van der Waals surface area contributed by atoms with E-state index in [1.807, 2.05) is 0 Å². The van der Waals surface area contributed by atoms with Crippen LogP contribution in [-0.4, -0.2) is 23.6 Å². The molecule has 0 saturated heterocycles. The van der Waals surface area contributed by atoms with Crippen molar-refractivity contribution in [3.05, 3.63) is 46.2 Å². The van der Waals surface area contributed by atoms with Gasteiger partial charge in [0, 0.05) is 0 Å². The molecule has 0 saturated carbocycles. The fraction of sp³-hybridized carbons (Fsp3) is 0.286. The number of hydrogen-bond donors (Lipinski definition) is 2. The van der Waals surface area contributed by atoms with Gasteiger partial charge in [0.15, 0.2) is 0 Å². The SMILES string of the molecule is CCOC(=O)NC1=C(O)C(=O)C(C)(c2c(F)cccc2Cl)O1. The van der Waals surface area contributed by atoms with E-state index >= 15 is 0 Å². The number of ketones is 1. The molecule has 1 aromatic carbocycles. The molecule has 1 aliphatic rings. The molecule has 6 nitrogen and oxygen atoms in total. The number of halogens is 2. The summed E-state index contributed by atoms with van der Waals surface area (Å²) in [6, 6.07) is 3.86. The lowest BCUT2D eigenvalue weighted by atomic mass is 9.91. The summed E-state index contributed by atoms with van der Waals surface area (Å²) in [5.74, 6) is -3.04. The van der Waals surface area contributed by atoms with Crippen LogP contribution in [0.25, 0.3) is 0 Å². The zero-order valence-corrected chi connectivity index (χ0v) is 12.5. The van der Waals surface area contributed by atoms with Crippen LogP contribution in [0.15, 0.2) is 29.8 Å². The number of benzene rings is 1. The molecule has 2 rings (SSSR count). The first-order valence-electron chi connectivity index (χ1n) is 6.36. The Hall–Kier alpha value is -2.28. The highest BCUT2D eigenvalue weighted by atomic mass is 35.5. The Labute approximate surface area is 130 Å². The Bertz CT molecular complexity index is 655. The van der Waals surface area contributed by atoms with Gasteiger partial charge in [-0.15, -0.1) is 0 Å². The molecule has 1 amide bonds. The maximum absolute atomic E-state index is 14.0. The fourth-order valence-corrected chi connectivity index (χ4v) is 2.43. The van der Waals surface area contributed by atoms with Crippen LogP contribution in [0.2, 0.25) is 5.02 Å². The predicted molar refractivity (Wildman–Crippen MR) is 74.7 cm³/mol. The minimum atomic E-state index is -1.89. The molecule has 0 fully saturated rings. The lowest BCUT2D eigenvalue weighted by Gasteiger charge is -2.24. The number of hydrogen-bond acceptors (Lipinski definition) is 5. The number of carbonyl (C=O) groups is 2. The van der Waals surface area contributed by atoms with E-state index in [0.29, 0.717) is 0 Å². The maximum Gasteiger partial charge on any atom is 0.414 e. The summed E-state index contributed by atoms with van der Waals surface area (Å²) in [4.78, 5) is 23.6. The van der Waals surface area contributed by atoms with Crippen LogP contribution in [0.5, 0.6) is 0 Å². The molecule has 0 bridgehead atoms. The lowest BCUT2D eigenvalue weighted by Crippen LogP contribution is -2.33. The van der Waals surface area contributed by atoms with Crippen molar-refractivity contribution in [3.8, 4) is 0 Å². The van der Waals surface area contributed by atoms with Crippen molar-refractivity contribution in [3.63, 3.8) is 0 Å². The van der Waals surface area contributed by atoms with Gasteiger partial charge >= 0.3 is 6.09 Å². The third kappa shape index (κ3) is 2.59. The van der Waals surface area contributed by atoms with Crippen molar-refractivity contribution in [1.82, 2.24) is 5.32 Å². The molecule has 0 spiro atoms. The Kier molecular flexibility index (Phi) is 4.27. The molecule has 1 aliphatic heterocycles. The molecule has 22 heavy (non-hydrogen) atoms. The third-order valence-electron chi connectivity index (χ3n) is 3.10. The van der Waals surface area contributed by atoms with Gasteiger partial charge in [-0.3, -0.25) is 10.1 Å². The second-order valence-corrected chi connectivity index (χ2v) is 4.99. The zero-order valence-electron chi connectivity index (χ0n) is 11.8. The van der Waals surface area contributed by atoms with E-state index in [4.69, 9.17) is 16.3 Å². The Balaban J connectivity index is 2.37. The van der Waals surface area contributed by atoms with Crippen LogP contribution in [0.4, 0.5) is 9.18 Å². The first kappa shape index (κ1) is 16.1. The number of aliphatic hydroxyl groups excluding tert-OH is 1. The van der Waals surface area contributed by atoms with Crippen molar-refractivity contribution in [2.45, 2.75) is 19.4 Å². The van der Waals surface area contributed by atoms with Crippen LogP contribution in [0.1, 0.15) is 19.4 Å². The Morgan fingerprint density at radius 1 is 1.55 bits per heavy atom. The van der Waals surface area contributed by atoms with Gasteiger partial charge in [0.2, 0.25) is 17.2 Å². The van der Waals surface area contributed by atoms with E-state index in [2.05, 4.69) is 10.1 Å². The van der Waals surface area contributed by atoms with Crippen LogP contribution in [0, 0.1) is 5.82 Å². The normalized spacial score (nSPS) is 20.8. The molecular weight excluding hydrogens is 317 g/mol. The molecule has 1 heterocycles. The third-order valence-corrected chi connectivity index (χ3v) is 3.42. The van der Waals surface area contributed by atoms with E-state index < -0.39 is 34.9 Å². The van der Waals surface area contributed by atoms with Gasteiger partial charge in [-0.2, -0.15) is 0 Å². The van der Waals surface area contributed by atoms with Gasteiger partial charge in [-0.1, -0.05) is 17.7 Å². The quantitative estimate of drug-likeness (QED) is 0.890. The van der Waals surface area contributed by atoms with E-state index in [1.54, 1.807) is 6.92 Å². The molecule has 118 valence electrons. The van der Waals surface area contributed by atoms with Crippen LogP contribution in [0.3, 0.4) is 0 Å². The highest BCUT2D eigenvalue weighted by Crippen LogP contribution is 2.41. The molecule has 0 radical (unpaired) electrons. The first-order chi connectivity index (χ1) is 10.3.